The fraction of sp³-hybridized carbons (Fsp3) is 0.500. The molecule has 0 amide bonds. The molecule has 1 saturated carbocycles. The van der Waals surface area contributed by atoms with Crippen molar-refractivity contribution in [3.05, 3.63) is 32.8 Å². The number of hydrogen-bond acceptors (Lipinski definition) is 4. The molecule has 1 N–H and O–H groups in total. The van der Waals surface area contributed by atoms with Gasteiger partial charge < -0.3 is 5.32 Å². The van der Waals surface area contributed by atoms with Crippen molar-refractivity contribution in [3.63, 3.8) is 0 Å². The summed E-state index contributed by atoms with van der Waals surface area (Å²) >= 11 is 5.11. The van der Waals surface area contributed by atoms with E-state index >= 15 is 0 Å². The van der Waals surface area contributed by atoms with Gasteiger partial charge in [-0.2, -0.15) is 11.8 Å². The van der Waals surface area contributed by atoms with E-state index in [2.05, 4.69) is 27.5 Å². The van der Waals surface area contributed by atoms with E-state index in [-0.39, 0.29) is 15.4 Å². The fourth-order valence-electron chi connectivity index (χ4n) is 2.09. The first-order valence-electron chi connectivity index (χ1n) is 5.79. The highest BCUT2D eigenvalue weighted by Gasteiger charge is 2.36. The van der Waals surface area contributed by atoms with Crippen LogP contribution >= 0.6 is 27.7 Å². The summed E-state index contributed by atoms with van der Waals surface area (Å²) in [5.74, 6) is 0. The molecular weight excluding hydrogens is 316 g/mol. The van der Waals surface area contributed by atoms with Crippen LogP contribution in [0.3, 0.4) is 0 Å². The lowest BCUT2D eigenvalue weighted by Crippen LogP contribution is -2.40. The Kier molecular flexibility index (Phi) is 4.17. The number of hydrogen-bond donors (Lipinski definition) is 1. The van der Waals surface area contributed by atoms with Crippen molar-refractivity contribution in [3.8, 4) is 0 Å². The van der Waals surface area contributed by atoms with Crippen LogP contribution in [0.1, 0.15) is 19.3 Å². The summed E-state index contributed by atoms with van der Waals surface area (Å²) in [6, 6.07) is 5.12. The van der Waals surface area contributed by atoms with Crippen LogP contribution in [0.4, 0.5) is 11.4 Å². The van der Waals surface area contributed by atoms with E-state index in [0.29, 0.717) is 5.69 Å². The Morgan fingerprint density at radius 1 is 1.56 bits per heavy atom. The van der Waals surface area contributed by atoms with Gasteiger partial charge in [0.15, 0.2) is 0 Å². The SMILES string of the molecule is CSC1(CNc2ccc(Br)cc2[N+](=O)[O-])CCC1. The van der Waals surface area contributed by atoms with E-state index in [9.17, 15) is 10.1 Å². The van der Waals surface area contributed by atoms with Crippen LogP contribution in [0.25, 0.3) is 0 Å². The molecule has 1 fully saturated rings. The Balaban J connectivity index is 2.11. The number of rotatable bonds is 5. The zero-order chi connectivity index (χ0) is 13.2. The molecule has 0 radical (unpaired) electrons. The number of nitrogens with zero attached hydrogens (tertiary/aromatic N) is 1. The van der Waals surface area contributed by atoms with Crippen molar-refractivity contribution < 1.29 is 4.92 Å². The van der Waals surface area contributed by atoms with Crippen LogP contribution < -0.4 is 5.32 Å². The summed E-state index contributed by atoms with van der Waals surface area (Å²) in [5, 5.41) is 14.2. The normalized spacial score (nSPS) is 17.0. The van der Waals surface area contributed by atoms with E-state index in [1.165, 1.54) is 25.3 Å². The van der Waals surface area contributed by atoms with Gasteiger partial charge in [0, 0.05) is 21.8 Å². The molecule has 1 aliphatic carbocycles. The van der Waals surface area contributed by atoms with Crippen molar-refractivity contribution >= 4 is 39.1 Å². The van der Waals surface area contributed by atoms with Gasteiger partial charge in [-0.3, -0.25) is 10.1 Å². The van der Waals surface area contributed by atoms with E-state index in [4.69, 9.17) is 0 Å². The molecule has 4 nitrogen and oxygen atoms in total. The number of nitro groups is 1. The molecule has 2 rings (SSSR count). The Hall–Kier alpha value is -0.750. The molecule has 1 aliphatic rings. The summed E-state index contributed by atoms with van der Waals surface area (Å²) in [5.41, 5.74) is 0.725. The monoisotopic (exact) mass is 330 g/mol. The molecule has 0 atom stereocenters. The predicted molar refractivity (Wildman–Crippen MR) is 79.4 cm³/mol. The van der Waals surface area contributed by atoms with Crippen molar-refractivity contribution in [1.29, 1.82) is 0 Å². The second-order valence-electron chi connectivity index (χ2n) is 4.51. The average molecular weight is 331 g/mol. The smallest absolute Gasteiger partial charge is 0.293 e. The Labute approximate surface area is 119 Å². The molecule has 0 aromatic heterocycles. The van der Waals surface area contributed by atoms with Gasteiger partial charge in [-0.1, -0.05) is 22.4 Å². The number of thioether (sulfide) groups is 1. The van der Waals surface area contributed by atoms with Gasteiger partial charge in [-0.05, 0) is 31.2 Å². The largest absolute Gasteiger partial charge is 0.378 e. The minimum Gasteiger partial charge on any atom is -0.378 e. The van der Waals surface area contributed by atoms with Gasteiger partial charge in [-0.25, -0.2) is 0 Å². The molecule has 18 heavy (non-hydrogen) atoms. The van der Waals surface area contributed by atoms with Crippen LogP contribution in [0.15, 0.2) is 22.7 Å². The molecular formula is C12H15BrN2O2S. The lowest BCUT2D eigenvalue weighted by Gasteiger charge is -2.40. The lowest BCUT2D eigenvalue weighted by molar-refractivity contribution is -0.384. The quantitative estimate of drug-likeness (QED) is 0.653. The molecule has 0 unspecified atom stereocenters. The number of nitrogens with one attached hydrogen (secondary N) is 1. The predicted octanol–water partition coefficient (Wildman–Crippen LogP) is 4.05. The van der Waals surface area contributed by atoms with Crippen LogP contribution in [0.5, 0.6) is 0 Å². The third kappa shape index (κ3) is 2.80. The second kappa shape index (κ2) is 5.48. The Bertz CT molecular complexity index is 458. The molecule has 0 aliphatic heterocycles. The van der Waals surface area contributed by atoms with Crippen LogP contribution in [-0.4, -0.2) is 22.5 Å². The van der Waals surface area contributed by atoms with Gasteiger partial charge in [-0.15, -0.1) is 0 Å². The van der Waals surface area contributed by atoms with E-state index in [1.54, 1.807) is 6.07 Å². The second-order valence-corrected chi connectivity index (χ2v) is 6.70. The first kappa shape index (κ1) is 13.7. The summed E-state index contributed by atoms with van der Waals surface area (Å²) in [6.07, 6.45) is 5.73. The van der Waals surface area contributed by atoms with E-state index in [1.807, 2.05) is 17.8 Å². The van der Waals surface area contributed by atoms with Gasteiger partial charge >= 0.3 is 0 Å². The highest BCUT2D eigenvalue weighted by molar-refractivity contribution is 9.10. The van der Waals surface area contributed by atoms with Gasteiger partial charge in [0.1, 0.15) is 5.69 Å². The maximum absolute atomic E-state index is 11.0. The maximum atomic E-state index is 11.0. The molecule has 98 valence electrons. The minimum absolute atomic E-state index is 0.125. The number of nitro benzene ring substituents is 1. The summed E-state index contributed by atoms with van der Waals surface area (Å²) in [6.45, 7) is 0.788. The van der Waals surface area contributed by atoms with Crippen LogP contribution in [0, 0.1) is 10.1 Å². The third-order valence-corrected chi connectivity index (χ3v) is 5.37. The van der Waals surface area contributed by atoms with Gasteiger partial charge in [0.2, 0.25) is 0 Å². The maximum Gasteiger partial charge on any atom is 0.293 e. The van der Waals surface area contributed by atoms with Crippen LogP contribution in [0.2, 0.25) is 0 Å². The highest BCUT2D eigenvalue weighted by Crippen LogP contribution is 2.43. The average Bonchev–Trinajstić information content (AvgIpc) is 2.29. The number of benzene rings is 1. The molecule has 0 heterocycles. The highest BCUT2D eigenvalue weighted by atomic mass is 79.9. The van der Waals surface area contributed by atoms with E-state index < -0.39 is 0 Å². The van der Waals surface area contributed by atoms with Crippen molar-refractivity contribution in [2.75, 3.05) is 18.1 Å². The van der Waals surface area contributed by atoms with Gasteiger partial charge in [0.25, 0.3) is 5.69 Å². The topological polar surface area (TPSA) is 55.2 Å². The Morgan fingerprint density at radius 2 is 2.28 bits per heavy atom. The molecule has 6 heteroatoms. The van der Waals surface area contributed by atoms with Gasteiger partial charge in [0.05, 0.1) is 4.92 Å². The first-order valence-corrected chi connectivity index (χ1v) is 7.81. The summed E-state index contributed by atoms with van der Waals surface area (Å²) in [4.78, 5) is 10.6. The van der Waals surface area contributed by atoms with Crippen molar-refractivity contribution in [1.82, 2.24) is 0 Å². The molecule has 0 spiro atoms. The number of halogens is 1. The number of anilines is 1. The minimum atomic E-state index is -0.348. The summed E-state index contributed by atoms with van der Waals surface area (Å²) < 4.78 is 0.990. The van der Waals surface area contributed by atoms with Crippen molar-refractivity contribution in [2.24, 2.45) is 0 Å². The molecule has 1 aromatic carbocycles. The van der Waals surface area contributed by atoms with Crippen molar-refractivity contribution in [2.45, 2.75) is 24.0 Å². The molecule has 0 bridgehead atoms. The Morgan fingerprint density at radius 3 is 2.78 bits per heavy atom. The summed E-state index contributed by atoms with van der Waals surface area (Å²) in [7, 11) is 0. The molecule has 0 saturated heterocycles. The fourth-order valence-corrected chi connectivity index (χ4v) is 3.35. The van der Waals surface area contributed by atoms with Crippen LogP contribution in [-0.2, 0) is 0 Å². The standard InChI is InChI=1S/C12H15BrN2O2S/c1-18-12(5-2-6-12)8-14-10-4-3-9(13)7-11(10)15(16)17/h3-4,7,14H,2,5-6,8H2,1H3. The lowest BCUT2D eigenvalue weighted by atomic mass is 9.84. The third-order valence-electron chi connectivity index (χ3n) is 3.46. The molecule has 1 aromatic rings. The zero-order valence-corrected chi connectivity index (χ0v) is 12.5. The first-order chi connectivity index (χ1) is 8.56. The zero-order valence-electron chi connectivity index (χ0n) is 10.1. The van der Waals surface area contributed by atoms with E-state index in [0.717, 1.165) is 11.0 Å².